The maximum absolute atomic E-state index is 11.0. The summed E-state index contributed by atoms with van der Waals surface area (Å²) in [6.45, 7) is 5.32. The minimum atomic E-state index is -0.443. The summed E-state index contributed by atoms with van der Waals surface area (Å²) >= 11 is 3.18. The van der Waals surface area contributed by atoms with Gasteiger partial charge < -0.3 is 5.32 Å². The third-order valence-corrected chi connectivity index (χ3v) is 3.41. The summed E-state index contributed by atoms with van der Waals surface area (Å²) in [6.07, 6.45) is 2.34. The second kappa shape index (κ2) is 6.66. The van der Waals surface area contributed by atoms with E-state index in [1.165, 1.54) is 12.3 Å². The molecule has 0 aliphatic rings. The molecule has 0 saturated heterocycles. The van der Waals surface area contributed by atoms with Crippen LogP contribution >= 0.6 is 15.9 Å². The Bertz CT molecular complexity index is 656. The molecule has 2 aromatic rings. The normalized spacial score (nSPS) is 10.6. The number of aryl methyl sites for hydroxylation is 3. The van der Waals surface area contributed by atoms with Crippen molar-refractivity contribution in [2.24, 2.45) is 0 Å². The Hall–Kier alpha value is -1.96. The number of nitrogens with one attached hydrogen (secondary N) is 1. The van der Waals surface area contributed by atoms with E-state index in [2.05, 4.69) is 31.3 Å². The van der Waals surface area contributed by atoms with E-state index >= 15 is 0 Å². The number of aromatic nitrogens is 3. The van der Waals surface area contributed by atoms with E-state index in [0.29, 0.717) is 11.0 Å². The molecule has 112 valence electrons. The fourth-order valence-electron chi connectivity index (χ4n) is 2.04. The van der Waals surface area contributed by atoms with Gasteiger partial charge in [-0.15, -0.1) is 0 Å². The first-order valence-corrected chi connectivity index (χ1v) is 7.31. The molecule has 2 rings (SSSR count). The molecule has 0 fully saturated rings. The lowest BCUT2D eigenvalue weighted by molar-refractivity contribution is -0.384. The van der Waals surface area contributed by atoms with Crippen molar-refractivity contribution in [3.63, 3.8) is 0 Å². The number of nitrogens with zero attached hydrogens (tertiary/aromatic N) is 4. The summed E-state index contributed by atoms with van der Waals surface area (Å²) in [4.78, 5) is 14.6. The first-order chi connectivity index (χ1) is 9.97. The molecule has 0 spiro atoms. The topological polar surface area (TPSA) is 85.9 Å². The quantitative estimate of drug-likeness (QED) is 0.490. The predicted molar refractivity (Wildman–Crippen MR) is 83.4 cm³/mol. The minimum absolute atomic E-state index is 0.0320. The average Bonchev–Trinajstić information content (AvgIpc) is 2.74. The molecule has 8 heteroatoms. The molecular weight excluding hydrogens is 338 g/mol. The SMILES string of the molecule is Cc1cc(C)n(CCCNc2ncc(Br)cc2[N+](=O)[O-])n1. The van der Waals surface area contributed by atoms with Crippen LogP contribution in [0.2, 0.25) is 0 Å². The smallest absolute Gasteiger partial charge is 0.312 e. The lowest BCUT2D eigenvalue weighted by Crippen LogP contribution is -2.10. The molecule has 7 nitrogen and oxygen atoms in total. The molecule has 0 aromatic carbocycles. The summed E-state index contributed by atoms with van der Waals surface area (Å²) in [5.41, 5.74) is 2.07. The molecule has 1 N–H and O–H groups in total. The van der Waals surface area contributed by atoms with Crippen molar-refractivity contribution in [3.05, 3.63) is 44.3 Å². The van der Waals surface area contributed by atoms with Gasteiger partial charge in [0.1, 0.15) is 0 Å². The van der Waals surface area contributed by atoms with E-state index in [1.807, 2.05) is 24.6 Å². The maximum atomic E-state index is 11.0. The fraction of sp³-hybridized carbons (Fsp3) is 0.385. The zero-order valence-corrected chi connectivity index (χ0v) is 13.4. The van der Waals surface area contributed by atoms with Crippen molar-refractivity contribution in [3.8, 4) is 0 Å². The minimum Gasteiger partial charge on any atom is -0.364 e. The van der Waals surface area contributed by atoms with E-state index in [-0.39, 0.29) is 11.5 Å². The Balaban J connectivity index is 1.92. The average molecular weight is 354 g/mol. The maximum Gasteiger partial charge on any atom is 0.312 e. The predicted octanol–water partition coefficient (Wildman–Crippen LogP) is 3.07. The molecule has 2 heterocycles. The van der Waals surface area contributed by atoms with Crippen LogP contribution in [0.25, 0.3) is 0 Å². The summed E-state index contributed by atoms with van der Waals surface area (Å²) in [5.74, 6) is 0.288. The summed E-state index contributed by atoms with van der Waals surface area (Å²) in [5, 5.41) is 18.3. The third-order valence-electron chi connectivity index (χ3n) is 2.97. The monoisotopic (exact) mass is 353 g/mol. The molecular formula is C13H16BrN5O2. The van der Waals surface area contributed by atoms with Crippen LogP contribution in [0.1, 0.15) is 17.8 Å². The highest BCUT2D eigenvalue weighted by atomic mass is 79.9. The van der Waals surface area contributed by atoms with Crippen molar-refractivity contribution < 1.29 is 4.92 Å². The summed E-state index contributed by atoms with van der Waals surface area (Å²) in [6, 6.07) is 3.46. The van der Waals surface area contributed by atoms with Gasteiger partial charge in [0.2, 0.25) is 5.82 Å². The van der Waals surface area contributed by atoms with Crippen molar-refractivity contribution in [1.29, 1.82) is 0 Å². The first-order valence-electron chi connectivity index (χ1n) is 6.52. The van der Waals surface area contributed by atoms with Crippen LogP contribution in [0.5, 0.6) is 0 Å². The lowest BCUT2D eigenvalue weighted by Gasteiger charge is -2.07. The Morgan fingerprint density at radius 2 is 2.19 bits per heavy atom. The summed E-state index contributed by atoms with van der Waals surface area (Å²) < 4.78 is 2.52. The third kappa shape index (κ3) is 4.01. The number of nitro groups is 1. The molecule has 0 unspecified atom stereocenters. The number of hydrogen-bond donors (Lipinski definition) is 1. The standard InChI is InChI=1S/C13H16BrN5O2/c1-9-6-10(2)18(17-9)5-3-4-15-13-12(19(20)21)7-11(14)8-16-13/h6-8H,3-5H2,1-2H3,(H,15,16). The van der Waals surface area contributed by atoms with Gasteiger partial charge in [-0.3, -0.25) is 14.8 Å². The number of rotatable bonds is 6. The fourth-order valence-corrected chi connectivity index (χ4v) is 2.36. The molecule has 2 aromatic heterocycles. The van der Waals surface area contributed by atoms with Crippen molar-refractivity contribution in [1.82, 2.24) is 14.8 Å². The molecule has 0 atom stereocenters. The van der Waals surface area contributed by atoms with Gasteiger partial charge in [0.05, 0.1) is 10.6 Å². The molecule has 21 heavy (non-hydrogen) atoms. The number of halogens is 1. The Morgan fingerprint density at radius 1 is 1.43 bits per heavy atom. The molecule has 0 saturated carbocycles. The molecule has 0 amide bonds. The van der Waals surface area contributed by atoms with Gasteiger partial charge in [-0.2, -0.15) is 5.10 Å². The summed E-state index contributed by atoms with van der Waals surface area (Å²) in [7, 11) is 0. The number of hydrogen-bond acceptors (Lipinski definition) is 5. The largest absolute Gasteiger partial charge is 0.364 e. The molecule has 0 aliphatic carbocycles. The van der Waals surface area contributed by atoms with Crippen LogP contribution in [0.4, 0.5) is 11.5 Å². The number of anilines is 1. The highest BCUT2D eigenvalue weighted by Crippen LogP contribution is 2.25. The van der Waals surface area contributed by atoms with Crippen molar-refractivity contribution >= 4 is 27.4 Å². The second-order valence-electron chi connectivity index (χ2n) is 4.71. The van der Waals surface area contributed by atoms with Crippen LogP contribution in [0.3, 0.4) is 0 Å². The molecule has 0 bridgehead atoms. The van der Waals surface area contributed by atoms with E-state index in [1.54, 1.807) is 0 Å². The Kier molecular flexibility index (Phi) is 4.89. The van der Waals surface area contributed by atoms with E-state index in [9.17, 15) is 10.1 Å². The molecule has 0 radical (unpaired) electrons. The van der Waals surface area contributed by atoms with Gasteiger partial charge in [0, 0.05) is 35.5 Å². The van der Waals surface area contributed by atoms with Crippen LogP contribution in [0.15, 0.2) is 22.8 Å². The van der Waals surface area contributed by atoms with Gasteiger partial charge >= 0.3 is 5.69 Å². The van der Waals surface area contributed by atoms with Crippen LogP contribution in [-0.2, 0) is 6.54 Å². The van der Waals surface area contributed by atoms with E-state index in [4.69, 9.17) is 0 Å². The van der Waals surface area contributed by atoms with Gasteiger partial charge in [-0.1, -0.05) is 0 Å². The Morgan fingerprint density at radius 3 is 2.81 bits per heavy atom. The van der Waals surface area contributed by atoms with Crippen LogP contribution in [0, 0.1) is 24.0 Å². The second-order valence-corrected chi connectivity index (χ2v) is 5.62. The van der Waals surface area contributed by atoms with Gasteiger partial charge in [-0.25, -0.2) is 4.98 Å². The zero-order valence-electron chi connectivity index (χ0n) is 11.8. The van der Waals surface area contributed by atoms with Crippen LogP contribution in [-0.4, -0.2) is 26.2 Å². The van der Waals surface area contributed by atoms with Crippen molar-refractivity contribution in [2.75, 3.05) is 11.9 Å². The van der Waals surface area contributed by atoms with E-state index < -0.39 is 4.92 Å². The van der Waals surface area contributed by atoms with Crippen molar-refractivity contribution in [2.45, 2.75) is 26.8 Å². The lowest BCUT2D eigenvalue weighted by atomic mass is 10.3. The highest BCUT2D eigenvalue weighted by molar-refractivity contribution is 9.10. The van der Waals surface area contributed by atoms with E-state index in [0.717, 1.165) is 24.4 Å². The van der Waals surface area contributed by atoms with Gasteiger partial charge in [0.15, 0.2) is 0 Å². The first kappa shape index (κ1) is 15.4. The van der Waals surface area contributed by atoms with Gasteiger partial charge in [0.25, 0.3) is 0 Å². The molecule has 0 aliphatic heterocycles. The number of pyridine rings is 1. The Labute approximate surface area is 130 Å². The van der Waals surface area contributed by atoms with Gasteiger partial charge in [-0.05, 0) is 42.3 Å². The van der Waals surface area contributed by atoms with Crippen LogP contribution < -0.4 is 5.32 Å². The highest BCUT2D eigenvalue weighted by Gasteiger charge is 2.15. The zero-order chi connectivity index (χ0) is 15.4.